The first kappa shape index (κ1) is 7.06. The molecule has 0 aromatic carbocycles. The molecular formula is C7H4BrNOS. The first-order chi connectivity index (χ1) is 5.31. The molecule has 4 heteroatoms. The number of aromatic amines is 1. The van der Waals surface area contributed by atoms with Crippen LogP contribution in [0.5, 0.6) is 0 Å². The van der Waals surface area contributed by atoms with Gasteiger partial charge in [0.1, 0.15) is 0 Å². The summed E-state index contributed by atoms with van der Waals surface area (Å²) < 4.78 is 2.13. The molecule has 0 atom stereocenters. The van der Waals surface area contributed by atoms with Crippen molar-refractivity contribution in [1.82, 2.24) is 4.98 Å². The van der Waals surface area contributed by atoms with Crippen LogP contribution in [-0.2, 0) is 0 Å². The van der Waals surface area contributed by atoms with Crippen LogP contribution in [0.1, 0.15) is 10.5 Å². The average molecular weight is 230 g/mol. The number of H-pyrrole nitrogens is 1. The van der Waals surface area contributed by atoms with Gasteiger partial charge in [-0.1, -0.05) is 0 Å². The van der Waals surface area contributed by atoms with E-state index in [1.807, 2.05) is 11.4 Å². The third-order valence-corrected chi connectivity index (χ3v) is 3.32. The van der Waals surface area contributed by atoms with Gasteiger partial charge in [0.05, 0.1) is 20.4 Å². The number of halogens is 1. The van der Waals surface area contributed by atoms with Crippen LogP contribution in [0.15, 0.2) is 15.9 Å². The first-order valence-corrected chi connectivity index (χ1v) is 4.69. The van der Waals surface area contributed by atoms with Crippen molar-refractivity contribution in [1.29, 1.82) is 0 Å². The van der Waals surface area contributed by atoms with E-state index in [2.05, 4.69) is 20.9 Å². The molecule has 0 spiro atoms. The molecule has 0 unspecified atom stereocenters. The van der Waals surface area contributed by atoms with Gasteiger partial charge in [-0.05, 0) is 22.0 Å². The van der Waals surface area contributed by atoms with Crippen molar-refractivity contribution < 1.29 is 4.79 Å². The van der Waals surface area contributed by atoms with Crippen molar-refractivity contribution in [3.63, 3.8) is 0 Å². The van der Waals surface area contributed by atoms with E-state index in [9.17, 15) is 4.79 Å². The Bertz CT molecular complexity index is 403. The number of carbonyl (C=O) groups excluding carboxylic acids is 1. The van der Waals surface area contributed by atoms with Crippen molar-refractivity contribution in [2.24, 2.45) is 0 Å². The molecule has 0 aliphatic rings. The Balaban J connectivity index is 2.79. The lowest BCUT2D eigenvalue weighted by Gasteiger charge is -1.79. The lowest BCUT2D eigenvalue weighted by molar-refractivity contribution is 0.112. The van der Waals surface area contributed by atoms with Gasteiger partial charge in [0, 0.05) is 5.38 Å². The molecule has 1 N–H and O–H groups in total. The van der Waals surface area contributed by atoms with Crippen molar-refractivity contribution in [3.8, 4) is 0 Å². The molecule has 2 aromatic heterocycles. The van der Waals surface area contributed by atoms with E-state index in [-0.39, 0.29) is 0 Å². The van der Waals surface area contributed by atoms with Crippen molar-refractivity contribution in [3.05, 3.63) is 21.6 Å². The highest BCUT2D eigenvalue weighted by atomic mass is 79.9. The molecule has 0 saturated heterocycles. The summed E-state index contributed by atoms with van der Waals surface area (Å²) in [5, 5.41) is 2.00. The summed E-state index contributed by atoms with van der Waals surface area (Å²) in [5.41, 5.74) is 1.64. The van der Waals surface area contributed by atoms with E-state index in [4.69, 9.17) is 0 Å². The zero-order valence-corrected chi connectivity index (χ0v) is 7.83. The van der Waals surface area contributed by atoms with Crippen LogP contribution in [0, 0.1) is 0 Å². The van der Waals surface area contributed by atoms with Crippen LogP contribution in [0.3, 0.4) is 0 Å². The van der Waals surface area contributed by atoms with Gasteiger partial charge < -0.3 is 4.98 Å². The second-order valence-electron chi connectivity index (χ2n) is 2.17. The number of nitrogens with one attached hydrogen (secondary N) is 1. The molecule has 2 aromatic rings. The molecule has 2 rings (SSSR count). The van der Waals surface area contributed by atoms with E-state index in [0.29, 0.717) is 5.69 Å². The average Bonchev–Trinajstić information content (AvgIpc) is 2.53. The maximum atomic E-state index is 10.3. The van der Waals surface area contributed by atoms with Crippen LogP contribution in [0.4, 0.5) is 0 Å². The first-order valence-electron chi connectivity index (χ1n) is 3.02. The molecule has 0 radical (unpaired) electrons. The Labute approximate surface area is 75.4 Å². The fourth-order valence-corrected chi connectivity index (χ4v) is 2.51. The fourth-order valence-electron chi connectivity index (χ4n) is 0.963. The predicted molar refractivity (Wildman–Crippen MR) is 49.3 cm³/mol. The van der Waals surface area contributed by atoms with Gasteiger partial charge in [0.2, 0.25) is 0 Å². The van der Waals surface area contributed by atoms with Crippen LogP contribution in [0.25, 0.3) is 10.2 Å². The van der Waals surface area contributed by atoms with Crippen molar-refractivity contribution >= 4 is 43.8 Å². The summed E-state index contributed by atoms with van der Waals surface area (Å²) in [6.07, 6.45) is 0.819. The number of aromatic nitrogens is 1. The predicted octanol–water partition coefficient (Wildman–Crippen LogP) is 2.80. The highest BCUT2D eigenvalue weighted by Crippen LogP contribution is 2.29. The van der Waals surface area contributed by atoms with Crippen LogP contribution >= 0.6 is 27.3 Å². The Kier molecular flexibility index (Phi) is 1.58. The Morgan fingerprint density at radius 3 is 3.09 bits per heavy atom. The Morgan fingerprint density at radius 2 is 2.45 bits per heavy atom. The number of rotatable bonds is 1. The standard InChI is InChI=1S/C7H4BrNOS/c8-5-3-11-6-1-4(2-10)9-7(5)6/h1-3,9H. The van der Waals surface area contributed by atoms with Gasteiger partial charge in [0.25, 0.3) is 0 Å². The van der Waals surface area contributed by atoms with Gasteiger partial charge in [-0.3, -0.25) is 4.79 Å². The highest BCUT2D eigenvalue weighted by molar-refractivity contribution is 9.10. The molecule has 0 aliphatic heterocycles. The van der Waals surface area contributed by atoms with E-state index in [1.165, 1.54) is 0 Å². The SMILES string of the molecule is O=Cc1cc2scc(Br)c2[nH]1. The minimum Gasteiger partial charge on any atom is -0.351 e. The molecule has 11 heavy (non-hydrogen) atoms. The molecule has 56 valence electrons. The molecule has 2 nitrogen and oxygen atoms in total. The number of carbonyl (C=O) groups is 1. The van der Waals surface area contributed by atoms with Gasteiger partial charge >= 0.3 is 0 Å². The molecule has 0 aliphatic carbocycles. The third-order valence-electron chi connectivity index (χ3n) is 1.46. The summed E-state index contributed by atoms with van der Waals surface area (Å²) in [4.78, 5) is 13.3. The zero-order chi connectivity index (χ0) is 7.84. The lowest BCUT2D eigenvalue weighted by Crippen LogP contribution is -1.74. The van der Waals surface area contributed by atoms with E-state index in [1.54, 1.807) is 11.3 Å². The monoisotopic (exact) mass is 229 g/mol. The Morgan fingerprint density at radius 1 is 1.64 bits per heavy atom. The Hall–Kier alpha value is -0.610. The maximum Gasteiger partial charge on any atom is 0.166 e. The van der Waals surface area contributed by atoms with E-state index >= 15 is 0 Å². The maximum absolute atomic E-state index is 10.3. The molecule has 0 amide bonds. The van der Waals surface area contributed by atoms with Gasteiger partial charge in [-0.15, -0.1) is 11.3 Å². The summed E-state index contributed by atoms with van der Waals surface area (Å²) >= 11 is 4.99. The normalized spacial score (nSPS) is 10.6. The second-order valence-corrected chi connectivity index (χ2v) is 3.93. The summed E-state index contributed by atoms with van der Waals surface area (Å²) in [6.45, 7) is 0. The molecule has 0 fully saturated rings. The van der Waals surface area contributed by atoms with E-state index in [0.717, 1.165) is 21.0 Å². The number of thiophene rings is 1. The van der Waals surface area contributed by atoms with Crippen LogP contribution in [-0.4, -0.2) is 11.3 Å². The summed E-state index contributed by atoms with van der Waals surface area (Å²) in [5.74, 6) is 0. The highest BCUT2D eigenvalue weighted by Gasteiger charge is 2.04. The molecule has 0 bridgehead atoms. The summed E-state index contributed by atoms with van der Waals surface area (Å²) in [7, 11) is 0. The quantitative estimate of drug-likeness (QED) is 0.750. The summed E-state index contributed by atoms with van der Waals surface area (Å²) in [6, 6.07) is 1.84. The minimum absolute atomic E-state index is 0.632. The molecule has 2 heterocycles. The molecular weight excluding hydrogens is 226 g/mol. The third kappa shape index (κ3) is 1.02. The second kappa shape index (κ2) is 2.46. The molecule has 0 saturated carbocycles. The van der Waals surface area contributed by atoms with Crippen LogP contribution in [0.2, 0.25) is 0 Å². The smallest absolute Gasteiger partial charge is 0.166 e. The lowest BCUT2D eigenvalue weighted by atomic mass is 10.5. The van der Waals surface area contributed by atoms with Crippen LogP contribution < -0.4 is 0 Å². The van der Waals surface area contributed by atoms with Gasteiger partial charge in [-0.25, -0.2) is 0 Å². The fraction of sp³-hybridized carbons (Fsp3) is 0. The topological polar surface area (TPSA) is 32.9 Å². The number of hydrogen-bond donors (Lipinski definition) is 1. The number of fused-ring (bicyclic) bond motifs is 1. The number of aldehydes is 1. The largest absolute Gasteiger partial charge is 0.351 e. The number of hydrogen-bond acceptors (Lipinski definition) is 2. The van der Waals surface area contributed by atoms with Crippen molar-refractivity contribution in [2.75, 3.05) is 0 Å². The van der Waals surface area contributed by atoms with Gasteiger partial charge in [-0.2, -0.15) is 0 Å². The zero-order valence-electron chi connectivity index (χ0n) is 5.43. The van der Waals surface area contributed by atoms with E-state index < -0.39 is 0 Å². The minimum atomic E-state index is 0.632. The van der Waals surface area contributed by atoms with Gasteiger partial charge in [0.15, 0.2) is 6.29 Å². The van der Waals surface area contributed by atoms with Crippen molar-refractivity contribution in [2.45, 2.75) is 0 Å².